The highest BCUT2D eigenvalue weighted by Gasteiger charge is 2.41. The van der Waals surface area contributed by atoms with E-state index in [0.29, 0.717) is 0 Å². The van der Waals surface area contributed by atoms with Gasteiger partial charge in [-0.15, -0.1) is 0 Å². The van der Waals surface area contributed by atoms with Gasteiger partial charge in [0.2, 0.25) is 0 Å². The first-order chi connectivity index (χ1) is 10.2. The molecule has 0 fully saturated rings. The predicted octanol–water partition coefficient (Wildman–Crippen LogP) is 3.76. The number of benzene rings is 2. The zero-order valence-electron chi connectivity index (χ0n) is 14.7. The van der Waals surface area contributed by atoms with Gasteiger partial charge in [0.05, 0.1) is 0 Å². The van der Waals surface area contributed by atoms with Crippen LogP contribution in [0.25, 0.3) is 0 Å². The summed E-state index contributed by atoms with van der Waals surface area (Å²) in [5.74, 6) is 0. The highest BCUT2D eigenvalue weighted by Crippen LogP contribution is 2.21. The van der Waals surface area contributed by atoms with Crippen molar-refractivity contribution in [3.8, 4) is 0 Å². The fraction of sp³-hybridized carbons (Fsp3) is 0.333. The van der Waals surface area contributed by atoms with Crippen LogP contribution in [0.5, 0.6) is 0 Å². The van der Waals surface area contributed by atoms with E-state index >= 15 is 0 Å². The van der Waals surface area contributed by atoms with Gasteiger partial charge in [-0.25, -0.2) is 0 Å². The quantitative estimate of drug-likeness (QED) is 0.748. The molecular weight excluding hydrogens is 314 g/mol. The van der Waals surface area contributed by atoms with Gasteiger partial charge in [-0.1, -0.05) is 99.9 Å². The maximum atomic E-state index is 3.00. The number of rotatable bonds is 5. The summed E-state index contributed by atoms with van der Waals surface area (Å²) in [5.41, 5.74) is 0. The lowest BCUT2D eigenvalue weighted by Gasteiger charge is -2.48. The van der Waals surface area contributed by atoms with Crippen molar-refractivity contribution in [1.82, 2.24) is 3.90 Å². The molecule has 2 aromatic rings. The number of hydrogen-bond acceptors (Lipinski definition) is 1. The molecule has 2 aromatic carbocycles. The van der Waals surface area contributed by atoms with Crippen LogP contribution in [0.2, 0.25) is 39.3 Å². The third-order valence-electron chi connectivity index (χ3n) is 3.66. The van der Waals surface area contributed by atoms with Gasteiger partial charge in [0.15, 0.2) is 8.96 Å². The molecule has 2 rings (SSSR count). The Bertz CT molecular complexity index is 532. The Balaban J connectivity index is 2.62. The van der Waals surface area contributed by atoms with Gasteiger partial charge in [0.25, 0.3) is 0 Å². The van der Waals surface area contributed by atoms with E-state index < -0.39 is 25.4 Å². The van der Waals surface area contributed by atoms with Gasteiger partial charge in [-0.2, -0.15) is 0 Å². The van der Waals surface area contributed by atoms with Crippen LogP contribution >= 0.6 is 0 Å². The zero-order chi connectivity index (χ0) is 16.4. The maximum Gasteiger partial charge on any atom is 0.195 e. The van der Waals surface area contributed by atoms with Gasteiger partial charge >= 0.3 is 0 Å². The van der Waals surface area contributed by atoms with Gasteiger partial charge in [-0.3, -0.25) is 0 Å². The summed E-state index contributed by atoms with van der Waals surface area (Å²) in [7, 11) is -3.72. The molecule has 0 aromatic heterocycles. The van der Waals surface area contributed by atoms with Crippen LogP contribution in [0.1, 0.15) is 0 Å². The van der Waals surface area contributed by atoms with Crippen molar-refractivity contribution in [1.29, 1.82) is 0 Å². The molecule has 0 amide bonds. The summed E-state index contributed by atoms with van der Waals surface area (Å²) in [6, 6.07) is 22.3. The van der Waals surface area contributed by atoms with Crippen LogP contribution in [-0.2, 0) is 0 Å². The average molecular weight is 343 g/mol. The van der Waals surface area contributed by atoms with Crippen molar-refractivity contribution in [2.45, 2.75) is 39.3 Å². The van der Waals surface area contributed by atoms with Crippen molar-refractivity contribution in [3.63, 3.8) is 0 Å². The van der Waals surface area contributed by atoms with Crippen LogP contribution in [0.15, 0.2) is 60.7 Å². The summed E-state index contributed by atoms with van der Waals surface area (Å²) in [6.07, 6.45) is 0. The molecule has 0 atom stereocenters. The smallest absolute Gasteiger partial charge is 0.195 e. The number of nitrogens with zero attached hydrogens (tertiary/aromatic N) is 1. The highest BCUT2D eigenvalue weighted by atomic mass is 28.5. The van der Waals surface area contributed by atoms with E-state index in [-0.39, 0.29) is 0 Å². The van der Waals surface area contributed by atoms with E-state index in [1.807, 2.05) is 0 Å². The lowest BCUT2D eigenvalue weighted by atomic mass is 10.4. The summed E-state index contributed by atoms with van der Waals surface area (Å²) in [6.45, 7) is 15.0. The van der Waals surface area contributed by atoms with Crippen molar-refractivity contribution in [2.75, 3.05) is 0 Å². The second kappa shape index (κ2) is 6.66. The second-order valence-electron chi connectivity index (χ2n) is 7.76. The summed E-state index contributed by atoms with van der Waals surface area (Å²) in [5, 5.41) is 3.03. The molecule has 117 valence electrons. The van der Waals surface area contributed by atoms with Crippen molar-refractivity contribution in [3.05, 3.63) is 60.7 Å². The standard InChI is InChI=1S/C18H28NSi3/c1-21(2,3)19(22(4,5)6)20(17-13-9-7-10-14-17)18-15-11-8-12-16-18/h7-16H,1-6H3. The maximum absolute atomic E-state index is 3.00. The molecule has 0 bridgehead atoms. The Labute approximate surface area is 139 Å². The molecule has 0 saturated carbocycles. The molecule has 0 unspecified atom stereocenters. The first kappa shape index (κ1) is 17.4. The first-order valence-electron chi connectivity index (χ1n) is 7.99. The molecule has 0 saturated heterocycles. The minimum absolute atomic E-state index is 0.896. The normalized spacial score (nSPS) is 12.9. The largest absolute Gasteiger partial charge is 0.362 e. The summed E-state index contributed by atoms with van der Waals surface area (Å²) >= 11 is 0. The molecule has 0 spiro atoms. The van der Waals surface area contributed by atoms with Crippen LogP contribution in [0, 0.1) is 0 Å². The third-order valence-corrected chi connectivity index (χ3v) is 17.9. The van der Waals surface area contributed by atoms with E-state index in [0.717, 1.165) is 0 Å². The Morgan fingerprint density at radius 2 is 0.909 bits per heavy atom. The van der Waals surface area contributed by atoms with Gasteiger partial charge in [0, 0.05) is 0 Å². The van der Waals surface area contributed by atoms with Crippen molar-refractivity contribution < 1.29 is 0 Å². The molecular formula is C18H28NSi3. The highest BCUT2D eigenvalue weighted by molar-refractivity contribution is 7.05. The van der Waals surface area contributed by atoms with E-state index in [1.54, 1.807) is 0 Å². The Hall–Kier alpha value is -0.949. The lowest BCUT2D eigenvalue weighted by Crippen LogP contribution is -2.72. The minimum Gasteiger partial charge on any atom is -0.362 e. The minimum atomic E-state index is -1.41. The van der Waals surface area contributed by atoms with E-state index in [2.05, 4.69) is 104 Å². The fourth-order valence-corrected chi connectivity index (χ4v) is 20.1. The fourth-order valence-electron chi connectivity index (χ4n) is 3.29. The summed E-state index contributed by atoms with van der Waals surface area (Å²) in [4.78, 5) is 0. The SMILES string of the molecule is C[Si](C)(C)N([Si](c1ccccc1)c1ccccc1)[Si](C)(C)C. The van der Waals surface area contributed by atoms with Crippen LogP contribution in [0.3, 0.4) is 0 Å². The lowest BCUT2D eigenvalue weighted by molar-refractivity contribution is 0.945. The molecule has 4 heteroatoms. The van der Waals surface area contributed by atoms with Gasteiger partial charge in [-0.05, 0) is 10.4 Å². The number of hydrogen-bond donors (Lipinski definition) is 0. The molecule has 22 heavy (non-hydrogen) atoms. The monoisotopic (exact) mass is 342 g/mol. The van der Waals surface area contributed by atoms with E-state index in [4.69, 9.17) is 0 Å². The summed E-state index contributed by atoms with van der Waals surface area (Å²) < 4.78 is 3.00. The van der Waals surface area contributed by atoms with Crippen molar-refractivity contribution >= 4 is 35.8 Å². The van der Waals surface area contributed by atoms with Crippen LogP contribution < -0.4 is 10.4 Å². The first-order valence-corrected chi connectivity index (χ1v) is 16.3. The Morgan fingerprint density at radius 1 is 0.591 bits per heavy atom. The average Bonchev–Trinajstić information content (AvgIpc) is 2.44. The second-order valence-corrected chi connectivity index (χ2v) is 21.0. The molecule has 0 heterocycles. The zero-order valence-corrected chi connectivity index (χ0v) is 17.7. The Morgan fingerprint density at radius 3 is 1.18 bits per heavy atom. The van der Waals surface area contributed by atoms with Gasteiger partial charge in [0.1, 0.15) is 16.5 Å². The van der Waals surface area contributed by atoms with Crippen LogP contribution in [0.4, 0.5) is 0 Å². The molecule has 0 N–H and O–H groups in total. The van der Waals surface area contributed by atoms with Crippen LogP contribution in [-0.4, -0.2) is 29.3 Å². The molecule has 1 radical (unpaired) electrons. The Kier molecular flexibility index (Phi) is 5.27. The van der Waals surface area contributed by atoms with E-state index in [9.17, 15) is 0 Å². The third kappa shape index (κ3) is 4.07. The molecule has 0 aliphatic carbocycles. The molecule has 1 nitrogen and oxygen atoms in total. The predicted molar refractivity (Wildman–Crippen MR) is 106 cm³/mol. The van der Waals surface area contributed by atoms with Crippen molar-refractivity contribution in [2.24, 2.45) is 0 Å². The molecule has 0 aliphatic heterocycles. The van der Waals surface area contributed by atoms with Gasteiger partial charge < -0.3 is 3.90 Å². The topological polar surface area (TPSA) is 3.24 Å². The van der Waals surface area contributed by atoms with E-state index in [1.165, 1.54) is 10.4 Å². The molecule has 0 aliphatic rings.